The number of hydrogen-bond acceptors (Lipinski definition) is 5. The molecule has 7 nitrogen and oxygen atoms in total. The molecule has 1 amide bonds. The SMILES string of the molecule is CC(NC(=O)c1cnc(Oc2ccc(C(F)(F)F)cc2)c(-c2ccn(C)n2)c1)C(O)C(F)(F)F. The van der Waals surface area contributed by atoms with Crippen molar-refractivity contribution in [1.29, 1.82) is 0 Å². The van der Waals surface area contributed by atoms with Gasteiger partial charge in [-0.3, -0.25) is 9.48 Å². The average Bonchev–Trinajstić information content (AvgIpc) is 3.18. The summed E-state index contributed by atoms with van der Waals surface area (Å²) in [6, 6.07) is 5.00. The van der Waals surface area contributed by atoms with E-state index in [2.05, 4.69) is 15.4 Å². The predicted molar refractivity (Wildman–Crippen MR) is 107 cm³/mol. The highest BCUT2D eigenvalue weighted by atomic mass is 19.4. The molecule has 2 N–H and O–H groups in total. The molecule has 2 atom stereocenters. The maximum atomic E-state index is 12.8. The molecule has 1 aromatic carbocycles. The fourth-order valence-electron chi connectivity index (χ4n) is 2.88. The standard InChI is InChI=1S/C21H18F6N4O3/c1-11(17(32)21(25,26)27)29-18(33)12-9-15(16-7-8-31(2)30-16)19(28-10-12)34-14-5-3-13(4-6-14)20(22,23)24/h3-11,17,32H,1-2H3,(H,29,33). The third kappa shape index (κ3) is 5.84. The molecule has 0 aliphatic rings. The fraction of sp³-hybridized carbons (Fsp3) is 0.286. The Balaban J connectivity index is 1.90. The van der Waals surface area contributed by atoms with Crippen molar-refractivity contribution >= 4 is 5.91 Å². The van der Waals surface area contributed by atoms with Crippen molar-refractivity contribution in [3.05, 3.63) is 59.9 Å². The van der Waals surface area contributed by atoms with E-state index in [-0.39, 0.29) is 28.5 Å². The Kier molecular flexibility index (Phi) is 6.87. The number of alkyl halides is 6. The van der Waals surface area contributed by atoms with E-state index >= 15 is 0 Å². The summed E-state index contributed by atoms with van der Waals surface area (Å²) in [7, 11) is 1.62. The first kappa shape index (κ1) is 25.0. The highest BCUT2D eigenvalue weighted by Gasteiger charge is 2.42. The molecule has 0 saturated heterocycles. The number of ether oxygens (including phenoxy) is 1. The molecule has 2 unspecified atom stereocenters. The Morgan fingerprint density at radius 3 is 2.29 bits per heavy atom. The summed E-state index contributed by atoms with van der Waals surface area (Å²) < 4.78 is 83.4. The first-order valence-electron chi connectivity index (χ1n) is 9.66. The van der Waals surface area contributed by atoms with E-state index in [1.54, 1.807) is 19.3 Å². The van der Waals surface area contributed by atoms with Gasteiger partial charge in [0.2, 0.25) is 5.88 Å². The molecular weight excluding hydrogens is 470 g/mol. The lowest BCUT2D eigenvalue weighted by Gasteiger charge is -2.22. The van der Waals surface area contributed by atoms with Gasteiger partial charge in [-0.25, -0.2) is 4.98 Å². The van der Waals surface area contributed by atoms with Crippen LogP contribution in [0, 0.1) is 0 Å². The van der Waals surface area contributed by atoms with Crippen molar-refractivity contribution < 1.29 is 41.0 Å². The van der Waals surface area contributed by atoms with Crippen molar-refractivity contribution in [3.8, 4) is 22.9 Å². The minimum atomic E-state index is -4.93. The molecule has 0 aliphatic carbocycles. The summed E-state index contributed by atoms with van der Waals surface area (Å²) in [6.07, 6.45) is -9.63. The summed E-state index contributed by atoms with van der Waals surface area (Å²) in [5.41, 5.74) is -0.575. The number of nitrogens with zero attached hydrogens (tertiary/aromatic N) is 3. The van der Waals surface area contributed by atoms with Gasteiger partial charge in [-0.05, 0) is 43.3 Å². The largest absolute Gasteiger partial charge is 0.438 e. The van der Waals surface area contributed by atoms with Gasteiger partial charge < -0.3 is 15.2 Å². The van der Waals surface area contributed by atoms with Crippen LogP contribution in [-0.4, -0.2) is 44.1 Å². The first-order chi connectivity index (χ1) is 15.8. The quantitative estimate of drug-likeness (QED) is 0.504. The molecule has 0 aliphatic heterocycles. The summed E-state index contributed by atoms with van der Waals surface area (Å²) in [4.78, 5) is 16.5. The lowest BCUT2D eigenvalue weighted by Crippen LogP contribution is -2.48. The molecule has 0 saturated carbocycles. The zero-order valence-corrected chi connectivity index (χ0v) is 17.6. The molecule has 2 aromatic heterocycles. The number of benzene rings is 1. The number of pyridine rings is 1. The Hall–Kier alpha value is -3.61. The van der Waals surface area contributed by atoms with Gasteiger partial charge in [0.25, 0.3) is 5.91 Å². The highest BCUT2D eigenvalue weighted by Crippen LogP contribution is 2.34. The van der Waals surface area contributed by atoms with E-state index in [4.69, 9.17) is 4.74 Å². The monoisotopic (exact) mass is 488 g/mol. The van der Waals surface area contributed by atoms with Crippen LogP contribution in [-0.2, 0) is 13.2 Å². The molecular formula is C21H18F6N4O3. The van der Waals surface area contributed by atoms with Gasteiger partial charge >= 0.3 is 12.4 Å². The van der Waals surface area contributed by atoms with Gasteiger partial charge in [0.15, 0.2) is 6.10 Å². The summed E-state index contributed by atoms with van der Waals surface area (Å²) in [5, 5.41) is 15.5. The van der Waals surface area contributed by atoms with Crippen LogP contribution in [0.15, 0.2) is 48.8 Å². The van der Waals surface area contributed by atoms with Crippen LogP contribution in [0.25, 0.3) is 11.3 Å². The predicted octanol–water partition coefficient (Wildman–Crippen LogP) is 4.33. The number of aliphatic hydroxyl groups is 1. The van der Waals surface area contributed by atoms with Crippen LogP contribution >= 0.6 is 0 Å². The highest BCUT2D eigenvalue weighted by molar-refractivity contribution is 5.95. The molecule has 13 heteroatoms. The summed E-state index contributed by atoms with van der Waals surface area (Å²) in [6.45, 7) is 0.991. The number of halogens is 6. The van der Waals surface area contributed by atoms with E-state index in [0.29, 0.717) is 0 Å². The number of amides is 1. The third-order valence-corrected chi connectivity index (χ3v) is 4.67. The average molecular weight is 488 g/mol. The van der Waals surface area contributed by atoms with Crippen LogP contribution in [0.3, 0.4) is 0 Å². The third-order valence-electron chi connectivity index (χ3n) is 4.67. The molecule has 0 spiro atoms. The maximum absolute atomic E-state index is 12.8. The van der Waals surface area contributed by atoms with Crippen molar-refractivity contribution in [3.63, 3.8) is 0 Å². The van der Waals surface area contributed by atoms with E-state index in [0.717, 1.165) is 37.4 Å². The Morgan fingerprint density at radius 1 is 1.12 bits per heavy atom. The zero-order valence-electron chi connectivity index (χ0n) is 17.6. The topological polar surface area (TPSA) is 89.3 Å². The van der Waals surface area contributed by atoms with Crippen LogP contribution in [0.1, 0.15) is 22.8 Å². The Morgan fingerprint density at radius 2 is 1.76 bits per heavy atom. The van der Waals surface area contributed by atoms with Gasteiger partial charge in [-0.15, -0.1) is 0 Å². The summed E-state index contributed by atoms with van der Waals surface area (Å²) >= 11 is 0. The van der Waals surface area contributed by atoms with E-state index in [9.17, 15) is 36.2 Å². The molecule has 0 radical (unpaired) electrons. The van der Waals surface area contributed by atoms with E-state index in [1.807, 2.05) is 0 Å². The van der Waals surface area contributed by atoms with Gasteiger partial charge in [-0.1, -0.05) is 0 Å². The number of rotatable bonds is 6. The molecule has 2 heterocycles. The molecule has 182 valence electrons. The molecule has 34 heavy (non-hydrogen) atoms. The Labute approximate surface area is 189 Å². The summed E-state index contributed by atoms with van der Waals surface area (Å²) in [5.74, 6) is -1.02. The number of carbonyl (C=O) groups is 1. The van der Waals surface area contributed by atoms with E-state index < -0.39 is 36.0 Å². The number of carbonyl (C=O) groups excluding carboxylic acids is 1. The van der Waals surface area contributed by atoms with Crippen molar-refractivity contribution in [2.45, 2.75) is 31.4 Å². The number of aromatic nitrogens is 3. The van der Waals surface area contributed by atoms with Crippen molar-refractivity contribution in [2.24, 2.45) is 7.05 Å². The van der Waals surface area contributed by atoms with Crippen molar-refractivity contribution in [2.75, 3.05) is 0 Å². The lowest BCUT2D eigenvalue weighted by molar-refractivity contribution is -0.209. The fourth-order valence-corrected chi connectivity index (χ4v) is 2.88. The van der Waals surface area contributed by atoms with E-state index in [1.165, 1.54) is 10.7 Å². The van der Waals surface area contributed by atoms with Crippen molar-refractivity contribution in [1.82, 2.24) is 20.1 Å². The molecule has 0 bridgehead atoms. The molecule has 3 rings (SSSR count). The second kappa shape index (κ2) is 9.33. The second-order valence-corrected chi connectivity index (χ2v) is 7.32. The minimum absolute atomic E-state index is 0.0248. The lowest BCUT2D eigenvalue weighted by atomic mass is 10.1. The van der Waals surface area contributed by atoms with Crippen LogP contribution in [0.4, 0.5) is 26.3 Å². The smallest absolute Gasteiger partial charge is 0.416 e. The van der Waals surface area contributed by atoms with Gasteiger partial charge in [0.05, 0.1) is 28.4 Å². The van der Waals surface area contributed by atoms with Gasteiger partial charge in [0, 0.05) is 19.4 Å². The second-order valence-electron chi connectivity index (χ2n) is 7.32. The Bertz CT molecular complexity index is 1160. The van der Waals surface area contributed by atoms with Crippen LogP contribution < -0.4 is 10.1 Å². The van der Waals surface area contributed by atoms with Crippen LogP contribution in [0.2, 0.25) is 0 Å². The molecule has 0 fully saturated rings. The number of hydrogen-bond donors (Lipinski definition) is 2. The normalized spacial score (nSPS) is 13.9. The van der Waals surface area contributed by atoms with Gasteiger partial charge in [0.1, 0.15) is 5.75 Å². The number of aryl methyl sites for hydroxylation is 1. The molecule has 3 aromatic rings. The minimum Gasteiger partial charge on any atom is -0.438 e. The van der Waals surface area contributed by atoms with Crippen LogP contribution in [0.5, 0.6) is 11.6 Å². The zero-order chi connectivity index (χ0) is 25.3. The van der Waals surface area contributed by atoms with Gasteiger partial charge in [-0.2, -0.15) is 31.4 Å². The maximum Gasteiger partial charge on any atom is 0.416 e. The number of nitrogens with one attached hydrogen (secondary N) is 1. The number of aliphatic hydroxyl groups excluding tert-OH is 1. The first-order valence-corrected chi connectivity index (χ1v) is 9.66.